The molecular weight excluding hydrogens is 549 g/mol. The Labute approximate surface area is 233 Å². The number of benzene rings is 3. The smallest absolute Gasteiger partial charge is 0.264 e. The Bertz CT molecular complexity index is 1390. The maximum atomic E-state index is 13.9. The van der Waals surface area contributed by atoms with Crippen LogP contribution in [0.15, 0.2) is 77.7 Å². The lowest BCUT2D eigenvalue weighted by Crippen LogP contribution is -2.51. The lowest BCUT2D eigenvalue weighted by molar-refractivity contribution is -0.140. The Hall–Kier alpha value is -3.27. The number of sulfonamides is 1. The molecule has 8 nitrogen and oxygen atoms in total. The average Bonchev–Trinajstić information content (AvgIpc) is 2.92. The molecular formula is C27H29Cl2N3O5S. The summed E-state index contributed by atoms with van der Waals surface area (Å²) in [5.74, 6) is -0.552. The lowest BCUT2D eigenvalue weighted by atomic mass is 10.1. The molecule has 0 spiro atoms. The van der Waals surface area contributed by atoms with Gasteiger partial charge in [0.25, 0.3) is 10.0 Å². The summed E-state index contributed by atoms with van der Waals surface area (Å²) in [7, 11) is -1.22. The van der Waals surface area contributed by atoms with Crippen LogP contribution < -0.4 is 14.4 Å². The summed E-state index contributed by atoms with van der Waals surface area (Å²) in [5, 5.41) is 3.33. The fourth-order valence-corrected chi connectivity index (χ4v) is 5.83. The van der Waals surface area contributed by atoms with Crippen LogP contribution in [-0.4, -0.2) is 51.9 Å². The molecule has 3 rings (SSSR count). The van der Waals surface area contributed by atoms with E-state index in [1.807, 2.05) is 0 Å². The van der Waals surface area contributed by atoms with Crippen LogP contribution in [0.1, 0.15) is 18.9 Å². The minimum absolute atomic E-state index is 0.0151. The van der Waals surface area contributed by atoms with E-state index >= 15 is 0 Å². The van der Waals surface area contributed by atoms with Crippen molar-refractivity contribution in [3.63, 3.8) is 0 Å². The van der Waals surface area contributed by atoms with Crippen LogP contribution >= 0.6 is 23.2 Å². The molecule has 0 heterocycles. The molecule has 1 atom stereocenters. The molecule has 202 valence electrons. The van der Waals surface area contributed by atoms with Crippen LogP contribution in [0, 0.1) is 0 Å². The summed E-state index contributed by atoms with van der Waals surface area (Å²) in [6.07, 6.45) is 0.293. The molecule has 0 radical (unpaired) electrons. The van der Waals surface area contributed by atoms with Gasteiger partial charge in [0, 0.05) is 29.7 Å². The second-order valence-corrected chi connectivity index (χ2v) is 11.0. The van der Waals surface area contributed by atoms with E-state index in [0.717, 1.165) is 4.31 Å². The topological polar surface area (TPSA) is 96.0 Å². The number of amides is 2. The van der Waals surface area contributed by atoms with Gasteiger partial charge in [0.15, 0.2) is 0 Å². The number of methoxy groups -OCH3 is 1. The molecule has 0 saturated carbocycles. The Morgan fingerprint density at radius 3 is 2.32 bits per heavy atom. The number of likely N-dealkylation sites (N-methyl/N-ethyl adjacent to an activating group) is 1. The van der Waals surface area contributed by atoms with Gasteiger partial charge in [-0.05, 0) is 48.4 Å². The van der Waals surface area contributed by atoms with Crippen LogP contribution in [0.3, 0.4) is 0 Å². The van der Waals surface area contributed by atoms with Gasteiger partial charge in [0.05, 0.1) is 17.7 Å². The molecule has 0 saturated heterocycles. The molecule has 0 unspecified atom stereocenters. The minimum Gasteiger partial charge on any atom is -0.497 e. The van der Waals surface area contributed by atoms with Crippen molar-refractivity contribution in [1.29, 1.82) is 0 Å². The molecule has 0 fully saturated rings. The minimum atomic E-state index is -4.17. The van der Waals surface area contributed by atoms with Crippen molar-refractivity contribution in [2.24, 2.45) is 0 Å². The van der Waals surface area contributed by atoms with Gasteiger partial charge in [-0.15, -0.1) is 0 Å². The number of anilines is 1. The van der Waals surface area contributed by atoms with E-state index in [2.05, 4.69) is 5.32 Å². The van der Waals surface area contributed by atoms with E-state index in [-0.39, 0.29) is 23.0 Å². The van der Waals surface area contributed by atoms with Crippen molar-refractivity contribution in [2.45, 2.75) is 30.8 Å². The van der Waals surface area contributed by atoms with Crippen LogP contribution in [0.4, 0.5) is 5.69 Å². The first kappa shape index (κ1) is 29.3. The fraction of sp³-hybridized carbons (Fsp3) is 0.259. The van der Waals surface area contributed by atoms with Gasteiger partial charge >= 0.3 is 0 Å². The quantitative estimate of drug-likeness (QED) is 0.354. The molecule has 2 amide bonds. The zero-order valence-corrected chi connectivity index (χ0v) is 23.6. The van der Waals surface area contributed by atoms with Crippen molar-refractivity contribution in [1.82, 2.24) is 10.2 Å². The normalized spacial score (nSPS) is 11.9. The number of halogens is 2. The van der Waals surface area contributed by atoms with Gasteiger partial charge in [-0.2, -0.15) is 0 Å². The number of nitrogens with zero attached hydrogens (tertiary/aromatic N) is 2. The molecule has 0 bridgehead atoms. The van der Waals surface area contributed by atoms with Gasteiger partial charge in [0.1, 0.15) is 18.3 Å². The zero-order chi connectivity index (χ0) is 27.9. The number of nitrogens with one attached hydrogen (secondary N) is 1. The number of rotatable bonds is 11. The van der Waals surface area contributed by atoms with Crippen molar-refractivity contribution in [3.05, 3.63) is 88.4 Å². The van der Waals surface area contributed by atoms with E-state index in [1.54, 1.807) is 61.5 Å². The Balaban J connectivity index is 2.08. The molecule has 0 aliphatic heterocycles. The maximum absolute atomic E-state index is 13.9. The number of carbonyl (C=O) groups is 2. The largest absolute Gasteiger partial charge is 0.497 e. The van der Waals surface area contributed by atoms with Gasteiger partial charge in [0.2, 0.25) is 11.8 Å². The third-order valence-corrected chi connectivity index (χ3v) is 8.31. The highest BCUT2D eigenvalue weighted by Crippen LogP contribution is 2.28. The lowest BCUT2D eigenvalue weighted by Gasteiger charge is -2.33. The molecule has 1 N–H and O–H groups in total. The summed E-state index contributed by atoms with van der Waals surface area (Å²) in [6.45, 7) is 1.17. The summed E-state index contributed by atoms with van der Waals surface area (Å²) in [6, 6.07) is 18.2. The number of hydrogen-bond acceptors (Lipinski definition) is 5. The van der Waals surface area contributed by atoms with Gasteiger partial charge in [-0.25, -0.2) is 8.42 Å². The number of ether oxygens (including phenoxy) is 1. The number of carbonyl (C=O) groups excluding carboxylic acids is 2. The fourth-order valence-electron chi connectivity index (χ4n) is 3.93. The molecule has 38 heavy (non-hydrogen) atoms. The van der Waals surface area contributed by atoms with Crippen LogP contribution in [0.2, 0.25) is 10.0 Å². The van der Waals surface area contributed by atoms with Crippen LogP contribution in [0.25, 0.3) is 0 Å². The Morgan fingerprint density at radius 2 is 1.71 bits per heavy atom. The van der Waals surface area contributed by atoms with E-state index in [9.17, 15) is 18.0 Å². The van der Waals surface area contributed by atoms with Crippen molar-refractivity contribution < 1.29 is 22.7 Å². The third kappa shape index (κ3) is 6.78. The summed E-state index contributed by atoms with van der Waals surface area (Å²) >= 11 is 12.4. The van der Waals surface area contributed by atoms with Crippen LogP contribution in [0.5, 0.6) is 5.75 Å². The van der Waals surface area contributed by atoms with E-state index < -0.39 is 28.5 Å². The molecule has 0 aromatic heterocycles. The molecule has 11 heteroatoms. The van der Waals surface area contributed by atoms with Gasteiger partial charge in [-0.1, -0.05) is 60.5 Å². The second-order valence-electron chi connectivity index (χ2n) is 8.32. The van der Waals surface area contributed by atoms with E-state index in [1.165, 1.54) is 37.3 Å². The highest BCUT2D eigenvalue weighted by atomic mass is 35.5. The Kier molecular flexibility index (Phi) is 10.0. The highest BCUT2D eigenvalue weighted by Gasteiger charge is 2.33. The third-order valence-electron chi connectivity index (χ3n) is 5.94. The highest BCUT2D eigenvalue weighted by molar-refractivity contribution is 7.92. The standard InChI is InChI=1S/C27H29Cl2N3O5S/c1-4-25(27(34)30-2)31(17-19-13-14-20(28)15-24(19)29)26(33)18-32(21-9-8-10-22(16-21)37-3)38(35,36)23-11-6-5-7-12-23/h5-16,25H,4,17-18H2,1-3H3,(H,30,34)/t25-/m0/s1. The predicted octanol–water partition coefficient (Wildman–Crippen LogP) is 4.75. The first-order valence-corrected chi connectivity index (χ1v) is 14.0. The van der Waals surface area contributed by atoms with Crippen molar-refractivity contribution in [2.75, 3.05) is 25.0 Å². The molecule has 0 aliphatic carbocycles. The van der Waals surface area contributed by atoms with E-state index in [0.29, 0.717) is 27.8 Å². The molecule has 3 aromatic carbocycles. The molecule has 3 aromatic rings. The predicted molar refractivity (Wildman–Crippen MR) is 149 cm³/mol. The van der Waals surface area contributed by atoms with Crippen LogP contribution in [-0.2, 0) is 26.2 Å². The Morgan fingerprint density at radius 1 is 1.00 bits per heavy atom. The van der Waals surface area contributed by atoms with Gasteiger partial charge in [-0.3, -0.25) is 13.9 Å². The van der Waals surface area contributed by atoms with Gasteiger partial charge < -0.3 is 15.0 Å². The monoisotopic (exact) mass is 577 g/mol. The summed E-state index contributed by atoms with van der Waals surface area (Å²) < 4.78 is 33.8. The average molecular weight is 579 g/mol. The first-order valence-electron chi connectivity index (χ1n) is 11.8. The summed E-state index contributed by atoms with van der Waals surface area (Å²) in [4.78, 5) is 28.0. The molecule has 0 aliphatic rings. The summed E-state index contributed by atoms with van der Waals surface area (Å²) in [5.41, 5.74) is 0.796. The van der Waals surface area contributed by atoms with Crippen molar-refractivity contribution >= 4 is 50.7 Å². The SMILES string of the molecule is CC[C@@H](C(=O)NC)N(Cc1ccc(Cl)cc1Cl)C(=O)CN(c1cccc(OC)c1)S(=O)(=O)c1ccccc1. The zero-order valence-electron chi connectivity index (χ0n) is 21.2. The maximum Gasteiger partial charge on any atom is 0.264 e. The number of hydrogen-bond donors (Lipinski definition) is 1. The van der Waals surface area contributed by atoms with Crippen molar-refractivity contribution in [3.8, 4) is 5.75 Å². The van der Waals surface area contributed by atoms with E-state index in [4.69, 9.17) is 27.9 Å². The second kappa shape index (κ2) is 13.0. The first-order chi connectivity index (χ1) is 18.1.